The first-order chi connectivity index (χ1) is 5.98. The van der Waals surface area contributed by atoms with Crippen molar-refractivity contribution in [1.29, 1.82) is 0 Å². The summed E-state index contributed by atoms with van der Waals surface area (Å²) in [6.07, 6.45) is 0. The van der Waals surface area contributed by atoms with Crippen molar-refractivity contribution >= 4 is 27.5 Å². The van der Waals surface area contributed by atoms with Crippen molar-refractivity contribution in [2.75, 3.05) is 0 Å². The van der Waals surface area contributed by atoms with Crippen LogP contribution in [0.3, 0.4) is 0 Å². The Balaban J connectivity index is 2.52. The lowest BCUT2D eigenvalue weighted by Crippen LogP contribution is -2.29. The maximum atomic E-state index is 5.86. The molecular weight excluding hydrogens is 255 g/mol. The Morgan fingerprint density at radius 1 is 1.31 bits per heavy atom. The lowest BCUT2D eigenvalue weighted by molar-refractivity contribution is -0.0434. The first-order valence-corrected chi connectivity index (χ1v) is 5.02. The Labute approximate surface area is 89.9 Å². The summed E-state index contributed by atoms with van der Waals surface area (Å²) in [4.78, 5) is 0. The Bertz CT molecular complexity index is 363. The maximum Gasteiger partial charge on any atom is 0.246 e. The van der Waals surface area contributed by atoms with Crippen LogP contribution in [0.1, 0.15) is 13.8 Å². The van der Waals surface area contributed by atoms with Gasteiger partial charge in [0.05, 0.1) is 4.47 Å². The lowest BCUT2D eigenvalue weighted by atomic mass is 10.3. The molecule has 0 atom stereocenters. The van der Waals surface area contributed by atoms with Gasteiger partial charge in [-0.2, -0.15) is 0 Å². The van der Waals surface area contributed by atoms with Gasteiger partial charge < -0.3 is 9.47 Å². The fourth-order valence-corrected chi connectivity index (χ4v) is 2.11. The zero-order chi connectivity index (χ0) is 9.64. The summed E-state index contributed by atoms with van der Waals surface area (Å²) in [7, 11) is 0. The van der Waals surface area contributed by atoms with E-state index < -0.39 is 5.79 Å². The van der Waals surface area contributed by atoms with E-state index in [1.807, 2.05) is 13.8 Å². The second-order valence-corrected chi connectivity index (χ2v) is 4.61. The molecule has 4 heteroatoms. The zero-order valence-corrected chi connectivity index (χ0v) is 9.57. The van der Waals surface area contributed by atoms with Gasteiger partial charge >= 0.3 is 0 Å². The van der Waals surface area contributed by atoms with E-state index >= 15 is 0 Å². The van der Waals surface area contributed by atoms with Gasteiger partial charge in [-0.05, 0) is 22.0 Å². The zero-order valence-electron chi connectivity index (χ0n) is 7.23. The average molecular weight is 264 g/mol. The highest BCUT2D eigenvalue weighted by molar-refractivity contribution is 9.10. The van der Waals surface area contributed by atoms with Crippen LogP contribution in [0.25, 0.3) is 0 Å². The van der Waals surface area contributed by atoms with E-state index in [-0.39, 0.29) is 0 Å². The molecule has 2 nitrogen and oxygen atoms in total. The SMILES string of the molecule is CC1(C)Oc2cc(Cl)cc(Br)c2O1. The highest BCUT2D eigenvalue weighted by atomic mass is 79.9. The Hall–Kier alpha value is -0.410. The number of rotatable bonds is 0. The Kier molecular flexibility index (Phi) is 1.96. The van der Waals surface area contributed by atoms with E-state index in [9.17, 15) is 0 Å². The molecule has 1 aliphatic rings. The fourth-order valence-electron chi connectivity index (χ4n) is 1.24. The van der Waals surface area contributed by atoms with Crippen LogP contribution in [0.4, 0.5) is 0 Å². The number of hydrogen-bond donors (Lipinski definition) is 0. The molecule has 0 saturated carbocycles. The highest BCUT2D eigenvalue weighted by Crippen LogP contribution is 2.45. The first-order valence-electron chi connectivity index (χ1n) is 3.85. The summed E-state index contributed by atoms with van der Waals surface area (Å²) < 4.78 is 11.9. The largest absolute Gasteiger partial charge is 0.449 e. The quantitative estimate of drug-likeness (QED) is 0.712. The van der Waals surface area contributed by atoms with Gasteiger partial charge in [0.15, 0.2) is 11.5 Å². The van der Waals surface area contributed by atoms with E-state index in [0.29, 0.717) is 10.8 Å². The van der Waals surface area contributed by atoms with E-state index in [1.54, 1.807) is 12.1 Å². The predicted octanol–water partition coefficient (Wildman–Crippen LogP) is 3.61. The topological polar surface area (TPSA) is 18.5 Å². The molecule has 13 heavy (non-hydrogen) atoms. The standard InChI is InChI=1S/C9H8BrClO2/c1-9(2)12-7-4-5(11)3-6(10)8(7)13-9/h3-4H,1-2H3. The normalized spacial score (nSPS) is 17.5. The third-order valence-corrected chi connectivity index (χ3v) is 2.49. The number of halogens is 2. The van der Waals surface area contributed by atoms with Crippen molar-refractivity contribution < 1.29 is 9.47 Å². The Morgan fingerprint density at radius 3 is 2.69 bits per heavy atom. The van der Waals surface area contributed by atoms with Crippen LogP contribution in [0.5, 0.6) is 11.5 Å². The first kappa shape index (κ1) is 9.16. The molecule has 0 bridgehead atoms. The van der Waals surface area contributed by atoms with Gasteiger partial charge in [0.1, 0.15) is 0 Å². The van der Waals surface area contributed by atoms with Crippen LogP contribution in [-0.2, 0) is 0 Å². The van der Waals surface area contributed by atoms with Crippen LogP contribution in [0.2, 0.25) is 5.02 Å². The third kappa shape index (κ3) is 1.63. The molecule has 0 amide bonds. The number of fused-ring (bicyclic) bond motifs is 1. The van der Waals surface area contributed by atoms with Gasteiger partial charge in [0.25, 0.3) is 0 Å². The van der Waals surface area contributed by atoms with Gasteiger partial charge in [-0.3, -0.25) is 0 Å². The lowest BCUT2D eigenvalue weighted by Gasteiger charge is -2.16. The smallest absolute Gasteiger partial charge is 0.246 e. The van der Waals surface area contributed by atoms with Crippen molar-refractivity contribution in [3.05, 3.63) is 21.6 Å². The molecule has 70 valence electrons. The van der Waals surface area contributed by atoms with E-state index in [2.05, 4.69) is 15.9 Å². The maximum absolute atomic E-state index is 5.86. The van der Waals surface area contributed by atoms with Crippen LogP contribution in [0, 0.1) is 0 Å². The number of hydrogen-bond acceptors (Lipinski definition) is 2. The van der Waals surface area contributed by atoms with Crippen LogP contribution in [0.15, 0.2) is 16.6 Å². The van der Waals surface area contributed by atoms with Crippen molar-refractivity contribution in [1.82, 2.24) is 0 Å². The molecule has 0 radical (unpaired) electrons. The van der Waals surface area contributed by atoms with Crippen LogP contribution < -0.4 is 9.47 Å². The molecule has 1 aromatic rings. The summed E-state index contributed by atoms with van der Waals surface area (Å²) in [6, 6.07) is 3.53. The van der Waals surface area contributed by atoms with Gasteiger partial charge in [-0.1, -0.05) is 11.6 Å². The highest BCUT2D eigenvalue weighted by Gasteiger charge is 2.33. The molecule has 0 aliphatic carbocycles. The molecule has 1 aliphatic heterocycles. The third-order valence-electron chi connectivity index (χ3n) is 1.68. The monoisotopic (exact) mass is 262 g/mol. The minimum absolute atomic E-state index is 0.602. The molecule has 0 unspecified atom stereocenters. The van der Waals surface area contributed by atoms with Crippen molar-refractivity contribution in [3.63, 3.8) is 0 Å². The second kappa shape index (κ2) is 2.79. The van der Waals surface area contributed by atoms with E-state index in [4.69, 9.17) is 21.1 Å². The minimum Gasteiger partial charge on any atom is -0.449 e. The number of ether oxygens (including phenoxy) is 2. The summed E-state index contributed by atoms with van der Waals surface area (Å²) in [6.45, 7) is 3.71. The van der Waals surface area contributed by atoms with Crippen LogP contribution in [-0.4, -0.2) is 5.79 Å². The van der Waals surface area contributed by atoms with Crippen molar-refractivity contribution in [3.8, 4) is 11.5 Å². The van der Waals surface area contributed by atoms with Crippen LogP contribution >= 0.6 is 27.5 Å². The Morgan fingerprint density at radius 2 is 2.00 bits per heavy atom. The minimum atomic E-state index is -0.602. The van der Waals surface area contributed by atoms with Crippen molar-refractivity contribution in [2.24, 2.45) is 0 Å². The van der Waals surface area contributed by atoms with Gasteiger partial charge in [-0.15, -0.1) is 0 Å². The summed E-state index contributed by atoms with van der Waals surface area (Å²) in [5.41, 5.74) is 0. The fraction of sp³-hybridized carbons (Fsp3) is 0.333. The summed E-state index contributed by atoms with van der Waals surface area (Å²) >= 11 is 9.22. The molecule has 1 heterocycles. The van der Waals surface area contributed by atoms with Gasteiger partial charge in [0.2, 0.25) is 5.79 Å². The second-order valence-electron chi connectivity index (χ2n) is 3.32. The summed E-state index contributed by atoms with van der Waals surface area (Å²) in [5, 5.41) is 0.631. The molecular formula is C9H8BrClO2. The van der Waals surface area contributed by atoms with Gasteiger partial charge in [0, 0.05) is 24.9 Å². The molecule has 1 aromatic carbocycles. The molecule has 0 fully saturated rings. The average Bonchev–Trinajstić information content (AvgIpc) is 2.23. The molecule has 0 spiro atoms. The van der Waals surface area contributed by atoms with E-state index in [0.717, 1.165) is 10.2 Å². The number of benzene rings is 1. The summed E-state index contributed by atoms with van der Waals surface area (Å²) in [5.74, 6) is 0.800. The van der Waals surface area contributed by atoms with E-state index in [1.165, 1.54) is 0 Å². The molecule has 0 aromatic heterocycles. The predicted molar refractivity (Wildman–Crippen MR) is 54.5 cm³/mol. The van der Waals surface area contributed by atoms with Crippen molar-refractivity contribution in [2.45, 2.75) is 19.6 Å². The van der Waals surface area contributed by atoms with Gasteiger partial charge in [-0.25, -0.2) is 0 Å². The molecule has 0 N–H and O–H groups in total. The molecule has 0 saturated heterocycles. The molecule has 2 rings (SSSR count).